The topological polar surface area (TPSA) is 52.7 Å². The predicted octanol–water partition coefficient (Wildman–Crippen LogP) is 5.07. The third-order valence-electron chi connectivity index (χ3n) is 8.40. The highest BCUT2D eigenvalue weighted by Crippen LogP contribution is 2.47. The van der Waals surface area contributed by atoms with E-state index in [0.717, 1.165) is 50.0 Å². The van der Waals surface area contributed by atoms with Crippen LogP contribution in [0.3, 0.4) is 0 Å². The van der Waals surface area contributed by atoms with Gasteiger partial charge in [-0.25, -0.2) is 0 Å². The zero-order valence-corrected chi connectivity index (χ0v) is 21.6. The van der Waals surface area contributed by atoms with Gasteiger partial charge in [0.15, 0.2) is 0 Å². The molecule has 1 N–H and O–H groups in total. The molecule has 3 aromatic rings. The van der Waals surface area contributed by atoms with Crippen LogP contribution in [0.15, 0.2) is 78.9 Å². The van der Waals surface area contributed by atoms with Gasteiger partial charge in [0, 0.05) is 29.7 Å². The summed E-state index contributed by atoms with van der Waals surface area (Å²) in [6, 6.07) is 25.2. The Labute approximate surface area is 223 Å². The summed E-state index contributed by atoms with van der Waals surface area (Å²) in [6.45, 7) is 3.59. The maximum Gasteiger partial charge on any atom is 0.255 e. The number of hydrogen-bond acceptors (Lipinski definition) is 3. The van der Waals surface area contributed by atoms with Gasteiger partial charge in [0.2, 0.25) is 5.91 Å². The van der Waals surface area contributed by atoms with Crippen LogP contribution in [0.4, 0.5) is 0 Å². The minimum atomic E-state index is -0.499. The number of carbonyl (C=O) groups excluding carboxylic acids is 2. The number of amides is 2. The molecule has 37 heavy (non-hydrogen) atoms. The normalized spacial score (nSPS) is 26.6. The molecule has 0 aromatic heterocycles. The Morgan fingerprint density at radius 3 is 2.32 bits per heavy atom. The number of piperidine rings is 3. The molecule has 5 nitrogen and oxygen atoms in total. The van der Waals surface area contributed by atoms with Crippen LogP contribution in [-0.2, 0) is 11.2 Å². The molecule has 190 valence electrons. The van der Waals surface area contributed by atoms with E-state index in [4.69, 9.17) is 11.6 Å². The van der Waals surface area contributed by atoms with E-state index in [1.54, 1.807) is 0 Å². The largest absolute Gasteiger partial charge is 0.355 e. The number of hydrogen-bond donors (Lipinski definition) is 1. The van der Waals surface area contributed by atoms with Crippen LogP contribution in [0.1, 0.15) is 51.8 Å². The Balaban J connectivity index is 1.39. The molecule has 3 atom stereocenters. The van der Waals surface area contributed by atoms with Crippen molar-refractivity contribution in [1.82, 2.24) is 15.1 Å². The molecule has 4 aliphatic heterocycles. The highest BCUT2D eigenvalue weighted by atomic mass is 35.5. The van der Waals surface area contributed by atoms with Crippen LogP contribution in [0.5, 0.6) is 0 Å². The van der Waals surface area contributed by atoms with E-state index >= 15 is 0 Å². The van der Waals surface area contributed by atoms with Crippen molar-refractivity contribution in [2.24, 2.45) is 5.92 Å². The third-order valence-corrected chi connectivity index (χ3v) is 8.66. The van der Waals surface area contributed by atoms with Crippen LogP contribution in [0, 0.1) is 5.92 Å². The van der Waals surface area contributed by atoms with Crippen LogP contribution >= 0.6 is 11.6 Å². The molecule has 0 saturated carbocycles. The lowest BCUT2D eigenvalue weighted by molar-refractivity contribution is -0.125. The molecule has 3 fully saturated rings. The summed E-state index contributed by atoms with van der Waals surface area (Å²) in [4.78, 5) is 32.7. The van der Waals surface area contributed by atoms with E-state index in [1.807, 2.05) is 66.7 Å². The lowest BCUT2D eigenvalue weighted by Gasteiger charge is -2.53. The molecule has 4 aliphatic rings. The van der Waals surface area contributed by atoms with Crippen molar-refractivity contribution in [3.05, 3.63) is 106 Å². The standard InChI is InChI=1S/C31H32ClN3O2/c32-24-12-10-23(11-13-24)29-28(30(36)33-17-14-21-6-2-1-3-7-21)25-8-4-5-9-26(25)31(37)35(29)27-20-34-18-15-22(27)16-19-34/h1-13,22,27-29H,14-20H2,(H,33,36)/t27-,28+,29-/m0/s1. The summed E-state index contributed by atoms with van der Waals surface area (Å²) in [7, 11) is 0. The second kappa shape index (κ2) is 10.3. The maximum atomic E-state index is 14.2. The molecule has 2 bridgehead atoms. The van der Waals surface area contributed by atoms with Gasteiger partial charge in [0.25, 0.3) is 5.91 Å². The summed E-state index contributed by atoms with van der Waals surface area (Å²) in [5, 5.41) is 3.85. The zero-order chi connectivity index (χ0) is 25.4. The first kappa shape index (κ1) is 24.2. The fourth-order valence-corrected chi connectivity index (χ4v) is 6.67. The van der Waals surface area contributed by atoms with E-state index < -0.39 is 5.92 Å². The van der Waals surface area contributed by atoms with E-state index in [1.165, 1.54) is 5.56 Å². The van der Waals surface area contributed by atoms with Gasteiger partial charge in [-0.05, 0) is 73.2 Å². The van der Waals surface area contributed by atoms with Gasteiger partial charge in [-0.2, -0.15) is 0 Å². The average molecular weight is 514 g/mol. The van der Waals surface area contributed by atoms with Gasteiger partial charge in [0.05, 0.1) is 12.0 Å². The maximum absolute atomic E-state index is 14.2. The van der Waals surface area contributed by atoms with Gasteiger partial charge < -0.3 is 15.1 Å². The van der Waals surface area contributed by atoms with Gasteiger partial charge in [0.1, 0.15) is 0 Å². The number of fused-ring (bicyclic) bond motifs is 4. The number of nitrogens with zero attached hydrogens (tertiary/aromatic N) is 2. The lowest BCUT2D eigenvalue weighted by Crippen LogP contribution is -2.61. The molecule has 4 heterocycles. The highest BCUT2D eigenvalue weighted by Gasteiger charge is 2.50. The quantitative estimate of drug-likeness (QED) is 0.500. The number of halogens is 1. The molecular weight excluding hydrogens is 482 g/mol. The average Bonchev–Trinajstić information content (AvgIpc) is 2.94. The minimum absolute atomic E-state index is 0.0302. The number of nitrogens with one attached hydrogen (secondary N) is 1. The second-order valence-electron chi connectivity index (χ2n) is 10.5. The monoisotopic (exact) mass is 513 g/mol. The summed E-state index contributed by atoms with van der Waals surface area (Å²) in [6.07, 6.45) is 2.95. The van der Waals surface area contributed by atoms with Gasteiger partial charge in [-0.3, -0.25) is 9.59 Å². The number of carbonyl (C=O) groups is 2. The van der Waals surface area contributed by atoms with Crippen molar-refractivity contribution in [3.8, 4) is 0 Å². The van der Waals surface area contributed by atoms with Gasteiger partial charge >= 0.3 is 0 Å². The Kier molecular flexibility index (Phi) is 6.74. The minimum Gasteiger partial charge on any atom is -0.355 e. The van der Waals surface area contributed by atoms with E-state index in [2.05, 4.69) is 27.2 Å². The molecular formula is C31H32ClN3O2. The van der Waals surface area contributed by atoms with Gasteiger partial charge in [-0.15, -0.1) is 0 Å². The summed E-state index contributed by atoms with van der Waals surface area (Å²) < 4.78 is 0. The third kappa shape index (κ3) is 4.67. The van der Waals surface area contributed by atoms with Crippen molar-refractivity contribution >= 4 is 23.4 Å². The summed E-state index contributed by atoms with van der Waals surface area (Å²) in [5.41, 5.74) is 3.59. The molecule has 7 rings (SSSR count). The van der Waals surface area contributed by atoms with Crippen molar-refractivity contribution in [1.29, 1.82) is 0 Å². The summed E-state index contributed by atoms with van der Waals surface area (Å²) in [5.74, 6) is -0.0538. The van der Waals surface area contributed by atoms with Gasteiger partial charge in [-0.1, -0.05) is 72.3 Å². The zero-order valence-electron chi connectivity index (χ0n) is 20.9. The molecule has 3 saturated heterocycles. The molecule has 3 aromatic carbocycles. The summed E-state index contributed by atoms with van der Waals surface area (Å²) >= 11 is 6.26. The Morgan fingerprint density at radius 2 is 1.62 bits per heavy atom. The molecule has 0 unspecified atom stereocenters. The predicted molar refractivity (Wildman–Crippen MR) is 146 cm³/mol. The fourth-order valence-electron chi connectivity index (χ4n) is 6.55. The first-order valence-electron chi connectivity index (χ1n) is 13.3. The van der Waals surface area contributed by atoms with Crippen molar-refractivity contribution in [3.63, 3.8) is 0 Å². The highest BCUT2D eigenvalue weighted by molar-refractivity contribution is 6.30. The molecule has 0 radical (unpaired) electrons. The number of rotatable bonds is 6. The Bertz CT molecular complexity index is 1270. The van der Waals surface area contributed by atoms with Crippen LogP contribution in [-0.4, -0.2) is 53.8 Å². The van der Waals surface area contributed by atoms with Crippen LogP contribution in [0.2, 0.25) is 5.02 Å². The lowest BCUT2D eigenvalue weighted by atomic mass is 9.75. The fraction of sp³-hybridized carbons (Fsp3) is 0.355. The molecule has 6 heteroatoms. The van der Waals surface area contributed by atoms with E-state index in [-0.39, 0.29) is 23.9 Å². The van der Waals surface area contributed by atoms with E-state index in [9.17, 15) is 9.59 Å². The molecule has 0 aliphatic carbocycles. The first-order chi connectivity index (χ1) is 18.1. The first-order valence-corrected chi connectivity index (χ1v) is 13.7. The second-order valence-corrected chi connectivity index (χ2v) is 10.9. The van der Waals surface area contributed by atoms with Crippen LogP contribution < -0.4 is 5.32 Å². The van der Waals surface area contributed by atoms with Crippen molar-refractivity contribution in [2.45, 2.75) is 37.3 Å². The Morgan fingerprint density at radius 1 is 0.919 bits per heavy atom. The molecule has 0 spiro atoms. The van der Waals surface area contributed by atoms with Crippen LogP contribution in [0.25, 0.3) is 0 Å². The smallest absolute Gasteiger partial charge is 0.255 e. The number of benzene rings is 3. The SMILES string of the molecule is O=C(NCCc1ccccc1)[C@@H]1c2ccccc2C(=O)N([C@H]2CN3CCC2CC3)[C@H]1c1ccc(Cl)cc1. The van der Waals surface area contributed by atoms with E-state index in [0.29, 0.717) is 23.0 Å². The van der Waals surface area contributed by atoms with Crippen molar-refractivity contribution in [2.75, 3.05) is 26.2 Å². The molecule has 2 amide bonds. The Hall–Kier alpha value is -3.15. The van der Waals surface area contributed by atoms with Crippen molar-refractivity contribution < 1.29 is 9.59 Å².